The number of fused-ring (bicyclic) bond motifs is 7. The molecule has 11 atom stereocenters. The van der Waals surface area contributed by atoms with Gasteiger partial charge in [0.1, 0.15) is 12.7 Å². The smallest absolute Gasteiger partial charge is 0.309 e. The van der Waals surface area contributed by atoms with Gasteiger partial charge in [0.25, 0.3) is 0 Å². The molecule has 5 saturated carbocycles. The van der Waals surface area contributed by atoms with Gasteiger partial charge < -0.3 is 19.5 Å². The van der Waals surface area contributed by atoms with Crippen LogP contribution in [-0.4, -0.2) is 57.9 Å². The Morgan fingerprint density at radius 3 is 2.15 bits per heavy atom. The van der Waals surface area contributed by atoms with Crippen LogP contribution < -0.4 is 0 Å². The Balaban J connectivity index is 1.00. The van der Waals surface area contributed by atoms with E-state index in [1.807, 2.05) is 62.9 Å². The molecular weight excluding hydrogens is 751 g/mol. The fraction of sp³-hybridized carbons (Fsp3) is 0.769. The predicted octanol–water partition coefficient (Wildman–Crippen LogP) is 10.0. The van der Waals surface area contributed by atoms with Crippen molar-refractivity contribution in [1.82, 2.24) is 4.90 Å². The van der Waals surface area contributed by atoms with Crippen LogP contribution in [0.15, 0.2) is 41.5 Å². The van der Waals surface area contributed by atoms with Gasteiger partial charge in [0, 0.05) is 18.4 Å². The van der Waals surface area contributed by atoms with Crippen LogP contribution in [0.2, 0.25) is 0 Å². The molecule has 0 aromatic heterocycles. The first-order chi connectivity index (χ1) is 27.9. The maximum absolute atomic E-state index is 15.1. The van der Waals surface area contributed by atoms with Gasteiger partial charge in [-0.2, -0.15) is 0 Å². The van der Waals surface area contributed by atoms with Crippen molar-refractivity contribution < 1.29 is 33.8 Å². The minimum absolute atomic E-state index is 0.0139. The van der Waals surface area contributed by atoms with Crippen LogP contribution in [0.25, 0.3) is 0 Å². The number of ether oxygens (including phenoxy) is 2. The third-order valence-electron chi connectivity index (χ3n) is 19.4. The van der Waals surface area contributed by atoms with E-state index in [0.29, 0.717) is 31.2 Å². The molecule has 7 aliphatic rings. The molecule has 1 amide bonds. The summed E-state index contributed by atoms with van der Waals surface area (Å²) in [6.07, 6.45) is 9.81. The summed E-state index contributed by atoms with van der Waals surface area (Å²) in [7, 11) is 0. The Kier molecular flexibility index (Phi) is 10.6. The van der Waals surface area contributed by atoms with Gasteiger partial charge in [0.05, 0.1) is 28.9 Å². The molecule has 1 N–H and O–H groups in total. The standard InChI is InChI=1S/C52H75NO7/c1-31(2)41-36(54)29-52(45(57)53-27-15-18-39(53)48(7,8)58)26-25-50(10)33(42(41)52)19-20-38-49(9)23-22-40(47(5,6)37(49)21-24-51(38,50)11)60-44(56)35-28-34(46(35,3)4)43(55)59-30-32-16-13-12-14-17-32/h12-14,16-17,31,33-35,37-40,58H,15,18-30H2,1-11H3/t33-,34+,35-,37?,38?,39+,40+,49+,50-,51-,52-/m1/s1. The van der Waals surface area contributed by atoms with Gasteiger partial charge in [-0.05, 0) is 147 Å². The third kappa shape index (κ3) is 6.26. The van der Waals surface area contributed by atoms with E-state index in [1.54, 1.807) is 0 Å². The molecule has 1 heterocycles. The van der Waals surface area contributed by atoms with Gasteiger partial charge in [-0.1, -0.05) is 92.6 Å². The third-order valence-corrected chi connectivity index (χ3v) is 19.4. The van der Waals surface area contributed by atoms with Crippen LogP contribution >= 0.6 is 0 Å². The summed E-state index contributed by atoms with van der Waals surface area (Å²) in [5.74, 6) is 0.222. The normalized spacial score (nSPS) is 40.5. The lowest BCUT2D eigenvalue weighted by atomic mass is 9.33. The maximum Gasteiger partial charge on any atom is 0.309 e. The summed E-state index contributed by atoms with van der Waals surface area (Å²) in [6, 6.07) is 9.47. The number of amides is 1. The van der Waals surface area contributed by atoms with Crippen molar-refractivity contribution in [2.24, 2.45) is 68.0 Å². The predicted molar refractivity (Wildman–Crippen MR) is 232 cm³/mol. The Labute approximate surface area is 360 Å². The van der Waals surface area contributed by atoms with Crippen molar-refractivity contribution in [2.75, 3.05) is 6.54 Å². The molecule has 6 aliphatic carbocycles. The number of aliphatic hydroxyl groups is 1. The summed E-state index contributed by atoms with van der Waals surface area (Å²) < 4.78 is 12.3. The zero-order chi connectivity index (χ0) is 43.6. The fourth-order valence-corrected chi connectivity index (χ4v) is 15.9. The van der Waals surface area contributed by atoms with Crippen molar-refractivity contribution in [3.8, 4) is 0 Å². The number of allylic oxidation sites excluding steroid dienone is 1. The summed E-state index contributed by atoms with van der Waals surface area (Å²) in [5.41, 5.74) is 0.473. The molecule has 0 radical (unpaired) electrons. The van der Waals surface area contributed by atoms with E-state index in [9.17, 15) is 19.5 Å². The topological polar surface area (TPSA) is 110 Å². The number of nitrogens with zero attached hydrogens (tertiary/aromatic N) is 1. The number of esters is 2. The Morgan fingerprint density at radius 2 is 1.50 bits per heavy atom. The zero-order valence-electron chi connectivity index (χ0n) is 38.7. The SMILES string of the molecule is CC(C)C1=C2[C@H]3CCC4[C@@]5(C)CC[C@H](OC(=O)[C@H]6C[C@@H](C(=O)OCc7ccccc7)C6(C)C)C(C)(C)C5CC[C@@]4(C)[C@]3(C)CC[C@@]2(C(=O)N2CCC[C@H]2C(C)(C)O)CC1=O. The highest BCUT2D eigenvalue weighted by molar-refractivity contribution is 6.07. The first kappa shape index (κ1) is 43.6. The van der Waals surface area contributed by atoms with Crippen LogP contribution in [-0.2, 0) is 35.3 Å². The Hall–Kier alpha value is -3.00. The molecular formula is C52H75NO7. The van der Waals surface area contributed by atoms with Crippen LogP contribution in [0.1, 0.15) is 159 Å². The summed E-state index contributed by atoms with van der Waals surface area (Å²) >= 11 is 0. The number of likely N-dealkylation sites (tertiary alicyclic amines) is 1. The van der Waals surface area contributed by atoms with E-state index in [0.717, 1.165) is 68.9 Å². The van der Waals surface area contributed by atoms with Crippen LogP contribution in [0, 0.1) is 68.0 Å². The lowest BCUT2D eigenvalue weighted by Crippen LogP contribution is -2.66. The van der Waals surface area contributed by atoms with Crippen molar-refractivity contribution in [2.45, 2.75) is 178 Å². The first-order valence-electron chi connectivity index (χ1n) is 23.7. The molecule has 1 saturated heterocycles. The minimum atomic E-state index is -1.00. The Morgan fingerprint density at radius 1 is 0.817 bits per heavy atom. The lowest BCUT2D eigenvalue weighted by Gasteiger charge is -2.72. The second kappa shape index (κ2) is 14.5. The van der Waals surface area contributed by atoms with E-state index in [-0.39, 0.29) is 94.1 Å². The van der Waals surface area contributed by atoms with Crippen molar-refractivity contribution in [3.05, 3.63) is 47.0 Å². The van der Waals surface area contributed by atoms with Gasteiger partial charge in [-0.15, -0.1) is 0 Å². The highest BCUT2D eigenvalue weighted by atomic mass is 16.5. The van der Waals surface area contributed by atoms with Gasteiger partial charge >= 0.3 is 11.9 Å². The number of hydrogen-bond donors (Lipinski definition) is 1. The van der Waals surface area contributed by atoms with E-state index >= 15 is 4.79 Å². The van der Waals surface area contributed by atoms with Gasteiger partial charge in [0.2, 0.25) is 5.91 Å². The van der Waals surface area contributed by atoms with Crippen LogP contribution in [0.3, 0.4) is 0 Å². The molecule has 8 nitrogen and oxygen atoms in total. The lowest BCUT2D eigenvalue weighted by molar-refractivity contribution is -0.236. The maximum atomic E-state index is 15.1. The molecule has 2 unspecified atom stereocenters. The molecule has 60 heavy (non-hydrogen) atoms. The molecule has 8 rings (SSSR count). The van der Waals surface area contributed by atoms with Gasteiger partial charge in [0.15, 0.2) is 5.78 Å². The largest absolute Gasteiger partial charge is 0.462 e. The monoisotopic (exact) mass is 826 g/mol. The highest BCUT2D eigenvalue weighted by Gasteiger charge is 2.72. The van der Waals surface area contributed by atoms with Gasteiger partial charge in [-0.3, -0.25) is 19.2 Å². The molecule has 6 fully saturated rings. The number of benzene rings is 1. The number of ketones is 1. The van der Waals surface area contributed by atoms with E-state index < -0.39 is 16.4 Å². The molecule has 1 aromatic rings. The van der Waals surface area contributed by atoms with Crippen molar-refractivity contribution >= 4 is 23.6 Å². The summed E-state index contributed by atoms with van der Waals surface area (Å²) in [6.45, 7) is 25.1. The number of hydrogen-bond acceptors (Lipinski definition) is 7. The number of Topliss-reactive ketones (excluding diaryl/α,β-unsaturated/α-hetero) is 1. The van der Waals surface area contributed by atoms with E-state index in [2.05, 4.69) is 48.5 Å². The summed E-state index contributed by atoms with van der Waals surface area (Å²) in [4.78, 5) is 58.5. The molecule has 0 spiro atoms. The summed E-state index contributed by atoms with van der Waals surface area (Å²) in [5, 5.41) is 11.2. The molecule has 330 valence electrons. The number of carbonyl (C=O) groups is 4. The average Bonchev–Trinajstić information content (AvgIpc) is 3.79. The zero-order valence-corrected chi connectivity index (χ0v) is 38.7. The van der Waals surface area contributed by atoms with Crippen molar-refractivity contribution in [1.29, 1.82) is 0 Å². The second-order valence-electron chi connectivity index (χ2n) is 23.6. The molecule has 8 heteroatoms. The number of carbonyl (C=O) groups excluding carboxylic acids is 4. The average molecular weight is 826 g/mol. The second-order valence-corrected chi connectivity index (χ2v) is 23.6. The highest BCUT2D eigenvalue weighted by Crippen LogP contribution is 2.77. The van der Waals surface area contributed by atoms with Crippen LogP contribution in [0.4, 0.5) is 0 Å². The molecule has 1 aliphatic heterocycles. The molecule has 0 bridgehead atoms. The van der Waals surface area contributed by atoms with E-state index in [1.165, 1.54) is 5.57 Å². The number of rotatable bonds is 8. The first-order valence-corrected chi connectivity index (χ1v) is 23.7. The van der Waals surface area contributed by atoms with Crippen molar-refractivity contribution in [3.63, 3.8) is 0 Å². The fourth-order valence-electron chi connectivity index (χ4n) is 15.9. The van der Waals surface area contributed by atoms with E-state index in [4.69, 9.17) is 9.47 Å². The molecule has 1 aromatic carbocycles. The quantitative estimate of drug-likeness (QED) is 0.260. The van der Waals surface area contributed by atoms with Gasteiger partial charge in [-0.25, -0.2) is 0 Å². The minimum Gasteiger partial charge on any atom is -0.462 e. The van der Waals surface area contributed by atoms with Crippen LogP contribution in [0.5, 0.6) is 0 Å². The Bertz CT molecular complexity index is 1940.